The summed E-state index contributed by atoms with van der Waals surface area (Å²) in [5, 5.41) is 7.67. The van der Waals surface area contributed by atoms with Crippen LogP contribution < -0.4 is 20.1 Å². The lowest BCUT2D eigenvalue weighted by molar-refractivity contribution is 0.310. The third kappa shape index (κ3) is 5.91. The molecule has 2 aromatic rings. The molecule has 0 amide bonds. The van der Waals surface area contributed by atoms with Gasteiger partial charge in [-0.25, -0.2) is 9.98 Å². The quantitative estimate of drug-likeness (QED) is 0.519. The molecule has 2 N–H and O–H groups in total. The van der Waals surface area contributed by atoms with Crippen LogP contribution in [-0.2, 0) is 19.5 Å². The molecule has 1 aromatic heterocycles. The molecule has 0 unspecified atom stereocenters. The van der Waals surface area contributed by atoms with E-state index in [1.54, 1.807) is 18.4 Å². The fourth-order valence-electron chi connectivity index (χ4n) is 2.35. The molecule has 0 bridgehead atoms. The Morgan fingerprint density at radius 3 is 2.69 bits per heavy atom. The standard InChI is InChI=1S/C19H28N4O2S/c1-5-15-12-21-18(26-15)13-23-19(20-6-2)22-11-14-8-9-16(24-4)17(10-14)25-7-3/h8-10,12H,5-7,11,13H2,1-4H3,(H2,20,22,23). The second-order valence-corrected chi connectivity index (χ2v) is 6.74. The van der Waals surface area contributed by atoms with Crippen LogP contribution in [0.2, 0.25) is 0 Å². The maximum absolute atomic E-state index is 5.63. The first kappa shape index (κ1) is 20.0. The number of thiazole rings is 1. The monoisotopic (exact) mass is 376 g/mol. The number of nitrogens with zero attached hydrogens (tertiary/aromatic N) is 2. The van der Waals surface area contributed by atoms with E-state index in [0.717, 1.165) is 41.0 Å². The van der Waals surface area contributed by atoms with Gasteiger partial charge in [-0.15, -0.1) is 11.3 Å². The van der Waals surface area contributed by atoms with Crippen LogP contribution in [0.4, 0.5) is 0 Å². The summed E-state index contributed by atoms with van der Waals surface area (Å²) in [4.78, 5) is 10.4. The molecule has 0 spiro atoms. The molecular formula is C19H28N4O2S. The van der Waals surface area contributed by atoms with E-state index < -0.39 is 0 Å². The molecule has 1 aromatic carbocycles. The maximum Gasteiger partial charge on any atom is 0.191 e. The van der Waals surface area contributed by atoms with Crippen molar-refractivity contribution in [1.29, 1.82) is 0 Å². The van der Waals surface area contributed by atoms with Crippen LogP contribution in [0.15, 0.2) is 29.4 Å². The number of aromatic nitrogens is 1. The van der Waals surface area contributed by atoms with Crippen molar-refractivity contribution < 1.29 is 9.47 Å². The van der Waals surface area contributed by atoms with Crippen LogP contribution >= 0.6 is 11.3 Å². The van der Waals surface area contributed by atoms with E-state index in [0.29, 0.717) is 19.7 Å². The van der Waals surface area contributed by atoms with Gasteiger partial charge in [0.1, 0.15) is 5.01 Å². The van der Waals surface area contributed by atoms with Gasteiger partial charge in [0.05, 0.1) is 26.8 Å². The lowest BCUT2D eigenvalue weighted by Crippen LogP contribution is -2.36. The Labute approximate surface area is 159 Å². The lowest BCUT2D eigenvalue weighted by Gasteiger charge is -2.12. The first-order valence-electron chi connectivity index (χ1n) is 8.95. The highest BCUT2D eigenvalue weighted by atomic mass is 32.1. The van der Waals surface area contributed by atoms with E-state index in [1.807, 2.05) is 31.3 Å². The van der Waals surface area contributed by atoms with E-state index in [9.17, 15) is 0 Å². The summed E-state index contributed by atoms with van der Waals surface area (Å²) in [5.74, 6) is 2.25. The second-order valence-electron chi connectivity index (χ2n) is 5.54. The molecule has 7 heteroatoms. The molecule has 0 saturated heterocycles. The zero-order valence-electron chi connectivity index (χ0n) is 16.0. The van der Waals surface area contributed by atoms with Gasteiger partial charge in [-0.05, 0) is 38.0 Å². The third-order valence-corrected chi connectivity index (χ3v) is 4.79. The summed E-state index contributed by atoms with van der Waals surface area (Å²) in [6.45, 7) is 8.77. The van der Waals surface area contributed by atoms with Crippen molar-refractivity contribution in [2.75, 3.05) is 20.3 Å². The Hall–Kier alpha value is -2.28. The Morgan fingerprint density at radius 2 is 2.04 bits per heavy atom. The van der Waals surface area contributed by atoms with E-state index in [4.69, 9.17) is 9.47 Å². The average Bonchev–Trinajstić information content (AvgIpc) is 3.12. The van der Waals surface area contributed by atoms with E-state index >= 15 is 0 Å². The molecule has 0 aliphatic rings. The summed E-state index contributed by atoms with van der Waals surface area (Å²) in [6.07, 6.45) is 2.96. The molecule has 0 saturated carbocycles. The minimum atomic E-state index is 0.553. The van der Waals surface area contributed by atoms with Crippen LogP contribution in [0.1, 0.15) is 36.2 Å². The van der Waals surface area contributed by atoms with Gasteiger partial charge in [0, 0.05) is 17.6 Å². The largest absolute Gasteiger partial charge is 0.493 e. The number of aliphatic imine (C=N–C) groups is 1. The van der Waals surface area contributed by atoms with Gasteiger partial charge in [-0.1, -0.05) is 13.0 Å². The van der Waals surface area contributed by atoms with Gasteiger partial charge in [0.15, 0.2) is 17.5 Å². The SMILES string of the molecule is CCNC(=NCc1ccc(OC)c(OCC)c1)NCc1ncc(CC)s1. The van der Waals surface area contributed by atoms with Gasteiger partial charge in [-0.2, -0.15) is 0 Å². The van der Waals surface area contributed by atoms with Crippen LogP contribution in [0.25, 0.3) is 0 Å². The Morgan fingerprint density at radius 1 is 1.19 bits per heavy atom. The Balaban J connectivity index is 2.02. The van der Waals surface area contributed by atoms with Crippen LogP contribution in [0.3, 0.4) is 0 Å². The summed E-state index contributed by atoms with van der Waals surface area (Å²) >= 11 is 1.73. The predicted octanol–water partition coefficient (Wildman–Crippen LogP) is 3.37. The van der Waals surface area contributed by atoms with E-state index in [2.05, 4.69) is 34.5 Å². The fraction of sp³-hybridized carbons (Fsp3) is 0.474. The number of guanidine groups is 1. The van der Waals surface area contributed by atoms with Gasteiger partial charge in [-0.3, -0.25) is 0 Å². The van der Waals surface area contributed by atoms with Crippen molar-refractivity contribution in [2.45, 2.75) is 40.3 Å². The van der Waals surface area contributed by atoms with Crippen LogP contribution in [0.5, 0.6) is 11.5 Å². The van der Waals surface area contributed by atoms with Crippen molar-refractivity contribution in [3.8, 4) is 11.5 Å². The lowest BCUT2D eigenvalue weighted by atomic mass is 10.2. The van der Waals surface area contributed by atoms with Crippen molar-refractivity contribution in [2.24, 2.45) is 4.99 Å². The number of hydrogen-bond donors (Lipinski definition) is 2. The minimum absolute atomic E-state index is 0.553. The number of aryl methyl sites for hydroxylation is 1. The van der Waals surface area contributed by atoms with E-state index in [1.165, 1.54) is 4.88 Å². The first-order chi connectivity index (χ1) is 12.7. The van der Waals surface area contributed by atoms with Crippen molar-refractivity contribution in [3.63, 3.8) is 0 Å². The first-order valence-corrected chi connectivity index (χ1v) is 9.77. The van der Waals surface area contributed by atoms with Crippen molar-refractivity contribution in [1.82, 2.24) is 15.6 Å². The molecule has 0 atom stereocenters. The fourth-order valence-corrected chi connectivity index (χ4v) is 3.15. The van der Waals surface area contributed by atoms with Gasteiger partial charge in [0.2, 0.25) is 0 Å². The molecule has 1 heterocycles. The van der Waals surface area contributed by atoms with Crippen LogP contribution in [-0.4, -0.2) is 31.2 Å². The smallest absolute Gasteiger partial charge is 0.191 e. The summed E-state index contributed by atoms with van der Waals surface area (Å²) in [7, 11) is 1.64. The summed E-state index contributed by atoms with van der Waals surface area (Å²) in [6, 6.07) is 5.89. The number of rotatable bonds is 9. The predicted molar refractivity (Wildman–Crippen MR) is 107 cm³/mol. The molecule has 142 valence electrons. The molecule has 0 aliphatic heterocycles. The highest BCUT2D eigenvalue weighted by Crippen LogP contribution is 2.28. The number of benzene rings is 1. The maximum atomic E-state index is 5.63. The number of hydrogen-bond acceptors (Lipinski definition) is 5. The zero-order chi connectivity index (χ0) is 18.8. The highest BCUT2D eigenvalue weighted by Gasteiger charge is 2.06. The molecule has 0 radical (unpaired) electrons. The third-order valence-electron chi connectivity index (χ3n) is 3.65. The molecule has 26 heavy (non-hydrogen) atoms. The van der Waals surface area contributed by atoms with Gasteiger partial charge in [0.25, 0.3) is 0 Å². The topological polar surface area (TPSA) is 67.8 Å². The molecular weight excluding hydrogens is 348 g/mol. The van der Waals surface area contributed by atoms with Crippen molar-refractivity contribution >= 4 is 17.3 Å². The summed E-state index contributed by atoms with van der Waals surface area (Å²) < 4.78 is 11.0. The van der Waals surface area contributed by atoms with Crippen molar-refractivity contribution in [3.05, 3.63) is 39.8 Å². The molecule has 0 fully saturated rings. The number of ether oxygens (including phenoxy) is 2. The van der Waals surface area contributed by atoms with Crippen LogP contribution in [0, 0.1) is 0 Å². The zero-order valence-corrected chi connectivity index (χ0v) is 16.8. The normalized spacial score (nSPS) is 11.3. The Kier molecular flexibility index (Phi) is 8.21. The molecule has 6 nitrogen and oxygen atoms in total. The van der Waals surface area contributed by atoms with Gasteiger partial charge < -0.3 is 20.1 Å². The highest BCUT2D eigenvalue weighted by molar-refractivity contribution is 7.11. The average molecular weight is 377 g/mol. The Bertz CT molecular complexity index is 715. The summed E-state index contributed by atoms with van der Waals surface area (Å²) in [5.41, 5.74) is 1.06. The molecule has 0 aliphatic carbocycles. The number of methoxy groups -OCH3 is 1. The minimum Gasteiger partial charge on any atom is -0.493 e. The number of nitrogens with one attached hydrogen (secondary N) is 2. The molecule has 2 rings (SSSR count). The van der Waals surface area contributed by atoms with Gasteiger partial charge >= 0.3 is 0 Å². The van der Waals surface area contributed by atoms with E-state index in [-0.39, 0.29) is 0 Å². The second kappa shape index (κ2) is 10.7.